The summed E-state index contributed by atoms with van der Waals surface area (Å²) in [6.07, 6.45) is 1.35. The van der Waals surface area contributed by atoms with Gasteiger partial charge in [0.25, 0.3) is 11.8 Å². The first-order valence-electron chi connectivity index (χ1n) is 8.06. The molecule has 0 aromatic heterocycles. The first-order valence-corrected chi connectivity index (χ1v) is 8.06. The van der Waals surface area contributed by atoms with E-state index in [1.807, 2.05) is 10.6 Å². The number of hydrogen-bond donors (Lipinski definition) is 3. The highest BCUT2D eigenvalue weighted by atomic mass is 16.5. The van der Waals surface area contributed by atoms with Crippen molar-refractivity contribution in [3.05, 3.63) is 28.8 Å². The van der Waals surface area contributed by atoms with Crippen molar-refractivity contribution in [2.45, 2.75) is 6.54 Å². The van der Waals surface area contributed by atoms with E-state index in [1.165, 1.54) is 19.3 Å². The van der Waals surface area contributed by atoms with Crippen molar-refractivity contribution in [2.24, 2.45) is 0 Å². The summed E-state index contributed by atoms with van der Waals surface area (Å²) in [5.74, 6) is -1.31. The number of methoxy groups -OCH3 is 1. The summed E-state index contributed by atoms with van der Waals surface area (Å²) < 4.78 is 10.5. The Balaban J connectivity index is 1.93. The Kier molecular flexibility index (Phi) is 5.19. The number of rotatable bonds is 4. The standard InChI is InChI=1S/C17H19N3O6/c1-25-13-8-10(7-12-15(22)18-17(24)19-16(12)23)6-11(14(13)21)9-20-2-4-26-5-3-20/h6-8,21H,2-5,9H2,1H3,(H2,18,19,22,23,24). The second kappa shape index (κ2) is 7.54. The Morgan fingerprint density at radius 3 is 2.46 bits per heavy atom. The molecule has 0 atom stereocenters. The maximum atomic E-state index is 11.9. The number of aromatic hydroxyl groups is 1. The van der Waals surface area contributed by atoms with E-state index < -0.39 is 17.8 Å². The smallest absolute Gasteiger partial charge is 0.328 e. The van der Waals surface area contributed by atoms with E-state index in [2.05, 4.69) is 4.90 Å². The fraction of sp³-hybridized carbons (Fsp3) is 0.353. The molecular weight excluding hydrogens is 342 g/mol. The van der Waals surface area contributed by atoms with Crippen LogP contribution < -0.4 is 15.4 Å². The van der Waals surface area contributed by atoms with Crippen LogP contribution in [0.2, 0.25) is 0 Å². The average Bonchev–Trinajstić information content (AvgIpc) is 2.61. The highest BCUT2D eigenvalue weighted by Gasteiger charge is 2.28. The van der Waals surface area contributed by atoms with Crippen LogP contribution in [-0.4, -0.2) is 61.3 Å². The lowest BCUT2D eigenvalue weighted by atomic mass is 10.0. The minimum absolute atomic E-state index is 0.00821. The van der Waals surface area contributed by atoms with E-state index in [4.69, 9.17) is 9.47 Å². The second-order valence-corrected chi connectivity index (χ2v) is 5.91. The minimum atomic E-state index is -0.853. The van der Waals surface area contributed by atoms with E-state index in [0.29, 0.717) is 30.9 Å². The van der Waals surface area contributed by atoms with Crippen LogP contribution in [0.15, 0.2) is 17.7 Å². The van der Waals surface area contributed by atoms with Crippen molar-refractivity contribution in [1.29, 1.82) is 0 Å². The molecule has 1 aromatic rings. The maximum absolute atomic E-state index is 11.9. The lowest BCUT2D eigenvalue weighted by molar-refractivity contribution is -0.123. The van der Waals surface area contributed by atoms with Gasteiger partial charge in [-0.05, 0) is 23.8 Å². The Hall–Kier alpha value is -2.91. The summed E-state index contributed by atoms with van der Waals surface area (Å²) in [5.41, 5.74) is 0.901. The molecule has 9 nitrogen and oxygen atoms in total. The SMILES string of the molecule is COc1cc(C=C2C(=O)NC(=O)NC2=O)cc(CN2CCOCC2)c1O. The molecule has 4 amide bonds. The van der Waals surface area contributed by atoms with Gasteiger partial charge < -0.3 is 14.6 Å². The Morgan fingerprint density at radius 1 is 1.19 bits per heavy atom. The fourth-order valence-electron chi connectivity index (χ4n) is 2.82. The van der Waals surface area contributed by atoms with E-state index in [9.17, 15) is 19.5 Å². The summed E-state index contributed by atoms with van der Waals surface area (Å²) in [7, 11) is 1.42. The monoisotopic (exact) mass is 361 g/mol. The molecule has 0 saturated carbocycles. The molecule has 2 saturated heterocycles. The molecule has 138 valence electrons. The van der Waals surface area contributed by atoms with Crippen molar-refractivity contribution < 1.29 is 29.0 Å². The zero-order chi connectivity index (χ0) is 18.7. The van der Waals surface area contributed by atoms with Gasteiger partial charge in [0.1, 0.15) is 5.57 Å². The first kappa shape index (κ1) is 17.9. The molecule has 0 bridgehead atoms. The summed E-state index contributed by atoms with van der Waals surface area (Å²) >= 11 is 0. The number of nitrogens with one attached hydrogen (secondary N) is 2. The van der Waals surface area contributed by atoms with Crippen LogP contribution in [0.25, 0.3) is 6.08 Å². The zero-order valence-electron chi connectivity index (χ0n) is 14.2. The van der Waals surface area contributed by atoms with E-state index in [1.54, 1.807) is 6.07 Å². The predicted octanol–water partition coefficient (Wildman–Crippen LogP) is -0.0176. The van der Waals surface area contributed by atoms with Crippen LogP contribution in [0.1, 0.15) is 11.1 Å². The van der Waals surface area contributed by atoms with Crippen molar-refractivity contribution in [3.63, 3.8) is 0 Å². The summed E-state index contributed by atoms with van der Waals surface area (Å²) in [6.45, 7) is 3.19. The molecule has 1 aromatic carbocycles. The molecule has 0 radical (unpaired) electrons. The van der Waals surface area contributed by atoms with Crippen LogP contribution in [0.4, 0.5) is 4.79 Å². The number of hydrogen-bond acceptors (Lipinski definition) is 7. The van der Waals surface area contributed by atoms with Gasteiger partial charge in [-0.25, -0.2) is 4.79 Å². The van der Waals surface area contributed by atoms with E-state index in [0.717, 1.165) is 13.1 Å². The van der Waals surface area contributed by atoms with Gasteiger partial charge in [0.15, 0.2) is 11.5 Å². The predicted molar refractivity (Wildman–Crippen MR) is 90.4 cm³/mol. The molecule has 2 heterocycles. The Bertz CT molecular complexity index is 761. The molecule has 3 rings (SSSR count). The molecule has 3 N–H and O–H groups in total. The highest BCUT2D eigenvalue weighted by molar-refractivity contribution is 6.31. The van der Waals surface area contributed by atoms with E-state index >= 15 is 0 Å². The lowest BCUT2D eigenvalue weighted by Crippen LogP contribution is -2.51. The molecular formula is C17H19N3O6. The normalized spacial score (nSPS) is 18.3. The van der Waals surface area contributed by atoms with Gasteiger partial charge in [0, 0.05) is 25.2 Å². The van der Waals surface area contributed by atoms with Gasteiger partial charge in [0.2, 0.25) is 0 Å². The number of urea groups is 1. The molecule has 26 heavy (non-hydrogen) atoms. The van der Waals surface area contributed by atoms with Gasteiger partial charge in [-0.3, -0.25) is 25.1 Å². The van der Waals surface area contributed by atoms with Crippen molar-refractivity contribution >= 4 is 23.9 Å². The number of phenolic OH excluding ortho intramolecular Hbond substituents is 1. The van der Waals surface area contributed by atoms with Gasteiger partial charge in [-0.2, -0.15) is 0 Å². The van der Waals surface area contributed by atoms with Crippen LogP contribution in [-0.2, 0) is 20.9 Å². The number of carbonyl (C=O) groups excluding carboxylic acids is 3. The van der Waals surface area contributed by atoms with Gasteiger partial charge in [-0.15, -0.1) is 0 Å². The summed E-state index contributed by atoms with van der Waals surface area (Å²) in [6, 6.07) is 2.34. The molecule has 0 aliphatic carbocycles. The zero-order valence-corrected chi connectivity index (χ0v) is 14.2. The Morgan fingerprint density at radius 2 is 1.85 bits per heavy atom. The third kappa shape index (κ3) is 3.84. The molecule has 0 unspecified atom stereocenters. The second-order valence-electron chi connectivity index (χ2n) is 5.91. The third-order valence-corrected chi connectivity index (χ3v) is 4.15. The van der Waals surface area contributed by atoms with Crippen LogP contribution >= 0.6 is 0 Å². The number of amides is 4. The maximum Gasteiger partial charge on any atom is 0.328 e. The van der Waals surface area contributed by atoms with Crippen molar-refractivity contribution in [1.82, 2.24) is 15.5 Å². The molecule has 2 fully saturated rings. The molecule has 2 aliphatic rings. The number of morpholine rings is 1. The van der Waals surface area contributed by atoms with Crippen LogP contribution in [0.5, 0.6) is 11.5 Å². The van der Waals surface area contributed by atoms with E-state index in [-0.39, 0.29) is 17.1 Å². The Labute approximate surface area is 149 Å². The van der Waals surface area contributed by atoms with Gasteiger partial charge >= 0.3 is 6.03 Å². The van der Waals surface area contributed by atoms with Crippen LogP contribution in [0, 0.1) is 0 Å². The topological polar surface area (TPSA) is 117 Å². The molecule has 0 spiro atoms. The lowest BCUT2D eigenvalue weighted by Gasteiger charge is -2.27. The number of imide groups is 2. The number of barbiturate groups is 1. The number of nitrogens with zero attached hydrogens (tertiary/aromatic N) is 1. The average molecular weight is 361 g/mol. The minimum Gasteiger partial charge on any atom is -0.504 e. The summed E-state index contributed by atoms with van der Waals surface area (Å²) in [5, 5.41) is 14.4. The number of phenols is 1. The largest absolute Gasteiger partial charge is 0.504 e. The fourth-order valence-corrected chi connectivity index (χ4v) is 2.82. The third-order valence-electron chi connectivity index (χ3n) is 4.15. The number of ether oxygens (including phenoxy) is 2. The van der Waals surface area contributed by atoms with Gasteiger partial charge in [-0.1, -0.05) is 0 Å². The summed E-state index contributed by atoms with van der Waals surface area (Å²) in [4.78, 5) is 37.0. The molecule has 2 aliphatic heterocycles. The number of carbonyl (C=O) groups is 3. The van der Waals surface area contributed by atoms with Crippen LogP contribution in [0.3, 0.4) is 0 Å². The quantitative estimate of drug-likeness (QED) is 0.510. The van der Waals surface area contributed by atoms with Crippen molar-refractivity contribution in [3.8, 4) is 11.5 Å². The molecule has 9 heteroatoms. The highest BCUT2D eigenvalue weighted by Crippen LogP contribution is 2.33. The van der Waals surface area contributed by atoms with Crippen molar-refractivity contribution in [2.75, 3.05) is 33.4 Å². The number of benzene rings is 1. The van der Waals surface area contributed by atoms with Gasteiger partial charge in [0.05, 0.1) is 20.3 Å². The first-order chi connectivity index (χ1) is 12.5.